The molecule has 12 heavy (non-hydrogen) atoms. The van der Waals surface area contributed by atoms with E-state index in [-0.39, 0.29) is 17.9 Å². The van der Waals surface area contributed by atoms with Gasteiger partial charge in [-0.1, -0.05) is 0 Å². The molecule has 4 heteroatoms. The van der Waals surface area contributed by atoms with Crippen molar-refractivity contribution in [3.63, 3.8) is 0 Å². The maximum Gasteiger partial charge on any atom is 0.244 e. The topological polar surface area (TPSA) is 49.4 Å². The molecule has 1 aliphatic rings. The van der Waals surface area contributed by atoms with Crippen molar-refractivity contribution in [3.8, 4) is 0 Å². The summed E-state index contributed by atoms with van der Waals surface area (Å²) in [7, 11) is 1.74. The van der Waals surface area contributed by atoms with E-state index < -0.39 is 0 Å². The summed E-state index contributed by atoms with van der Waals surface area (Å²) in [6.45, 7) is 2.60. The van der Waals surface area contributed by atoms with Crippen LogP contribution in [0.5, 0.6) is 0 Å². The highest BCUT2D eigenvalue weighted by Crippen LogP contribution is 2.08. The molecule has 1 fully saturated rings. The highest BCUT2D eigenvalue weighted by atomic mass is 16.2. The third-order valence-corrected chi connectivity index (χ3v) is 2.14. The molecule has 4 nitrogen and oxygen atoms in total. The molecule has 1 aliphatic heterocycles. The second kappa shape index (κ2) is 3.56. The van der Waals surface area contributed by atoms with Gasteiger partial charge >= 0.3 is 0 Å². The fourth-order valence-electron chi connectivity index (χ4n) is 1.22. The van der Waals surface area contributed by atoms with Crippen LogP contribution in [0, 0.1) is 0 Å². The number of carbonyl (C=O) groups is 2. The van der Waals surface area contributed by atoms with Crippen LogP contribution in [0.25, 0.3) is 0 Å². The van der Waals surface area contributed by atoms with E-state index in [1.165, 1.54) is 0 Å². The standard InChI is InChI=1S/C8H14N2O2/c1-3-10(2)8(12)6-4-5-7(11)9-6/h6H,3-5H2,1-2H3,(H,9,11). The van der Waals surface area contributed by atoms with E-state index in [1.54, 1.807) is 11.9 Å². The highest BCUT2D eigenvalue weighted by Gasteiger charge is 2.28. The Morgan fingerprint density at radius 3 is 2.83 bits per heavy atom. The van der Waals surface area contributed by atoms with Gasteiger partial charge < -0.3 is 10.2 Å². The lowest BCUT2D eigenvalue weighted by Gasteiger charge is -2.18. The van der Waals surface area contributed by atoms with Gasteiger partial charge in [0.2, 0.25) is 11.8 Å². The van der Waals surface area contributed by atoms with E-state index in [9.17, 15) is 9.59 Å². The number of nitrogens with one attached hydrogen (secondary N) is 1. The Kier molecular flexibility index (Phi) is 2.68. The van der Waals surface area contributed by atoms with Crippen molar-refractivity contribution in [1.82, 2.24) is 10.2 Å². The molecule has 0 spiro atoms. The molecule has 1 rings (SSSR count). The lowest BCUT2D eigenvalue weighted by molar-refractivity contribution is -0.132. The van der Waals surface area contributed by atoms with Crippen LogP contribution >= 0.6 is 0 Å². The van der Waals surface area contributed by atoms with Crippen LogP contribution in [-0.2, 0) is 9.59 Å². The molecule has 1 heterocycles. The van der Waals surface area contributed by atoms with Crippen LogP contribution in [0.4, 0.5) is 0 Å². The average Bonchev–Trinajstić information content (AvgIpc) is 2.49. The smallest absolute Gasteiger partial charge is 0.244 e. The largest absolute Gasteiger partial charge is 0.344 e. The van der Waals surface area contributed by atoms with Gasteiger partial charge in [0.1, 0.15) is 6.04 Å². The minimum Gasteiger partial charge on any atom is -0.344 e. The third-order valence-electron chi connectivity index (χ3n) is 2.14. The third kappa shape index (κ3) is 1.75. The minimum atomic E-state index is -0.276. The van der Waals surface area contributed by atoms with Crippen LogP contribution in [0.2, 0.25) is 0 Å². The van der Waals surface area contributed by atoms with Gasteiger partial charge in [-0.2, -0.15) is 0 Å². The Hall–Kier alpha value is -1.06. The van der Waals surface area contributed by atoms with Crippen LogP contribution in [0.3, 0.4) is 0 Å². The van der Waals surface area contributed by atoms with Gasteiger partial charge in [-0.05, 0) is 13.3 Å². The first-order valence-corrected chi connectivity index (χ1v) is 4.19. The van der Waals surface area contributed by atoms with Crippen LogP contribution in [0.15, 0.2) is 0 Å². The maximum atomic E-state index is 11.4. The van der Waals surface area contributed by atoms with Gasteiger partial charge in [0.05, 0.1) is 0 Å². The van der Waals surface area contributed by atoms with Gasteiger partial charge in [0.15, 0.2) is 0 Å². The molecule has 1 atom stereocenters. The first-order chi connectivity index (χ1) is 5.65. The molecule has 0 aromatic carbocycles. The lowest BCUT2D eigenvalue weighted by atomic mass is 10.2. The molecule has 68 valence electrons. The number of rotatable bonds is 2. The minimum absolute atomic E-state index is 0.0159. The molecule has 0 aliphatic carbocycles. The number of carbonyl (C=O) groups excluding carboxylic acids is 2. The zero-order valence-corrected chi connectivity index (χ0v) is 7.46. The molecule has 0 aromatic heterocycles. The molecule has 2 amide bonds. The van der Waals surface area contributed by atoms with Crippen LogP contribution in [0.1, 0.15) is 19.8 Å². The first kappa shape index (κ1) is 9.03. The molecule has 0 radical (unpaired) electrons. The average molecular weight is 170 g/mol. The molecular formula is C8H14N2O2. The second-order valence-corrected chi connectivity index (χ2v) is 3.01. The second-order valence-electron chi connectivity index (χ2n) is 3.01. The lowest BCUT2D eigenvalue weighted by Crippen LogP contribution is -2.42. The van der Waals surface area contributed by atoms with E-state index in [2.05, 4.69) is 5.32 Å². The summed E-state index contributed by atoms with van der Waals surface area (Å²) in [5.41, 5.74) is 0. The fraction of sp³-hybridized carbons (Fsp3) is 0.750. The molecule has 0 saturated carbocycles. The van der Waals surface area contributed by atoms with E-state index in [0.29, 0.717) is 19.4 Å². The summed E-state index contributed by atoms with van der Waals surface area (Å²) in [5, 5.41) is 2.64. The number of nitrogens with zero attached hydrogens (tertiary/aromatic N) is 1. The van der Waals surface area contributed by atoms with E-state index in [4.69, 9.17) is 0 Å². The summed E-state index contributed by atoms with van der Waals surface area (Å²) >= 11 is 0. The monoisotopic (exact) mass is 170 g/mol. The van der Waals surface area contributed by atoms with Gasteiger partial charge in [-0.15, -0.1) is 0 Å². The predicted octanol–water partition coefficient (Wildman–Crippen LogP) is -0.257. The molecule has 0 bridgehead atoms. The number of likely N-dealkylation sites (N-methyl/N-ethyl adjacent to an activating group) is 1. The Labute approximate surface area is 71.9 Å². The molecule has 0 aromatic rings. The Bertz CT molecular complexity index is 203. The van der Waals surface area contributed by atoms with Crippen molar-refractivity contribution in [1.29, 1.82) is 0 Å². The van der Waals surface area contributed by atoms with Crippen molar-refractivity contribution in [2.45, 2.75) is 25.8 Å². The summed E-state index contributed by atoms with van der Waals surface area (Å²) in [5.74, 6) is 0.00111. The van der Waals surface area contributed by atoms with E-state index in [1.807, 2.05) is 6.92 Å². The van der Waals surface area contributed by atoms with E-state index in [0.717, 1.165) is 0 Å². The molecule has 1 saturated heterocycles. The number of hydrogen-bond donors (Lipinski definition) is 1. The van der Waals surface area contributed by atoms with Gasteiger partial charge in [0.25, 0.3) is 0 Å². The maximum absolute atomic E-state index is 11.4. The Morgan fingerprint density at radius 2 is 2.42 bits per heavy atom. The quantitative estimate of drug-likeness (QED) is 0.621. The van der Waals surface area contributed by atoms with Crippen molar-refractivity contribution >= 4 is 11.8 Å². The normalized spacial score (nSPS) is 22.2. The molecule has 1 unspecified atom stereocenters. The number of amides is 2. The van der Waals surface area contributed by atoms with Crippen molar-refractivity contribution in [3.05, 3.63) is 0 Å². The zero-order chi connectivity index (χ0) is 9.14. The first-order valence-electron chi connectivity index (χ1n) is 4.19. The van der Waals surface area contributed by atoms with Crippen LogP contribution in [-0.4, -0.2) is 36.3 Å². The van der Waals surface area contributed by atoms with Gasteiger partial charge in [-0.3, -0.25) is 9.59 Å². The van der Waals surface area contributed by atoms with E-state index >= 15 is 0 Å². The van der Waals surface area contributed by atoms with Crippen molar-refractivity contribution < 1.29 is 9.59 Å². The highest BCUT2D eigenvalue weighted by molar-refractivity contribution is 5.90. The number of hydrogen-bond acceptors (Lipinski definition) is 2. The summed E-state index contributed by atoms with van der Waals surface area (Å²) in [6.07, 6.45) is 1.12. The van der Waals surface area contributed by atoms with Crippen molar-refractivity contribution in [2.75, 3.05) is 13.6 Å². The van der Waals surface area contributed by atoms with Crippen molar-refractivity contribution in [2.24, 2.45) is 0 Å². The van der Waals surface area contributed by atoms with Crippen LogP contribution < -0.4 is 5.32 Å². The fourth-order valence-corrected chi connectivity index (χ4v) is 1.22. The molecular weight excluding hydrogens is 156 g/mol. The SMILES string of the molecule is CCN(C)C(=O)C1CCC(=O)N1. The summed E-state index contributed by atoms with van der Waals surface area (Å²) in [6, 6.07) is -0.276. The summed E-state index contributed by atoms with van der Waals surface area (Å²) in [4.78, 5) is 23.8. The summed E-state index contributed by atoms with van der Waals surface area (Å²) < 4.78 is 0. The Balaban J connectivity index is 2.48. The van der Waals surface area contributed by atoms with Gasteiger partial charge in [0, 0.05) is 20.0 Å². The molecule has 1 N–H and O–H groups in total. The zero-order valence-electron chi connectivity index (χ0n) is 7.46. The Morgan fingerprint density at radius 1 is 1.75 bits per heavy atom. The predicted molar refractivity (Wildman–Crippen MR) is 44.5 cm³/mol. The van der Waals surface area contributed by atoms with Gasteiger partial charge in [-0.25, -0.2) is 0 Å².